The van der Waals surface area contributed by atoms with E-state index in [-0.39, 0.29) is 12.7 Å². The molecule has 7 nitrogen and oxygen atoms in total. The Morgan fingerprint density at radius 2 is 1.96 bits per heavy atom. The molecule has 0 saturated carbocycles. The van der Waals surface area contributed by atoms with Gasteiger partial charge in [0.1, 0.15) is 17.4 Å². The first-order valence-corrected chi connectivity index (χ1v) is 9.38. The number of nitrogens with zero attached hydrogens (tertiary/aromatic N) is 1. The third-order valence-electron chi connectivity index (χ3n) is 4.58. The highest BCUT2D eigenvalue weighted by Crippen LogP contribution is 2.49. The van der Waals surface area contributed by atoms with Crippen LogP contribution in [0.4, 0.5) is 0 Å². The first kappa shape index (κ1) is 18.3. The maximum absolute atomic E-state index is 9.76. The monoisotopic (exact) mass is 444 g/mol. The number of benzene rings is 2. The molecule has 2 aromatic carbocycles. The summed E-state index contributed by atoms with van der Waals surface area (Å²) in [6.07, 6.45) is 0. The van der Waals surface area contributed by atoms with Crippen LogP contribution in [0.5, 0.6) is 28.7 Å². The smallest absolute Gasteiger partial charge is 0.231 e. The van der Waals surface area contributed by atoms with Crippen LogP contribution in [-0.4, -0.2) is 20.5 Å². The first-order valence-electron chi connectivity index (χ1n) is 8.58. The average molecular weight is 445 g/mol. The summed E-state index contributed by atoms with van der Waals surface area (Å²) in [6, 6.07) is 9.47. The van der Waals surface area contributed by atoms with Crippen LogP contribution in [0.3, 0.4) is 0 Å². The first-order chi connectivity index (χ1) is 13.6. The molecule has 0 fully saturated rings. The molecule has 4 rings (SSSR count). The van der Waals surface area contributed by atoms with E-state index in [9.17, 15) is 5.26 Å². The molecule has 0 saturated heterocycles. The Morgan fingerprint density at radius 3 is 2.64 bits per heavy atom. The number of hydrogen-bond acceptors (Lipinski definition) is 7. The number of halogens is 1. The van der Waals surface area contributed by atoms with Crippen LogP contribution in [0.2, 0.25) is 0 Å². The van der Waals surface area contributed by atoms with Crippen LogP contribution in [0.1, 0.15) is 24.0 Å². The normalized spacial score (nSPS) is 16.9. The Kier molecular flexibility index (Phi) is 4.69. The van der Waals surface area contributed by atoms with E-state index >= 15 is 0 Å². The van der Waals surface area contributed by atoms with E-state index in [0.717, 1.165) is 11.1 Å². The maximum atomic E-state index is 9.76. The molecule has 2 N–H and O–H groups in total. The summed E-state index contributed by atoms with van der Waals surface area (Å²) in [5, 5.41) is 9.76. The zero-order valence-electron chi connectivity index (χ0n) is 15.2. The zero-order valence-corrected chi connectivity index (χ0v) is 16.8. The van der Waals surface area contributed by atoms with Crippen molar-refractivity contribution >= 4 is 15.9 Å². The fraction of sp³-hybridized carbons (Fsp3) is 0.250. The quantitative estimate of drug-likeness (QED) is 0.765. The second-order valence-corrected chi connectivity index (χ2v) is 6.99. The van der Waals surface area contributed by atoms with Crippen molar-refractivity contribution in [1.29, 1.82) is 5.26 Å². The van der Waals surface area contributed by atoms with Crippen molar-refractivity contribution in [2.75, 3.05) is 20.5 Å². The highest BCUT2D eigenvalue weighted by molar-refractivity contribution is 9.10. The van der Waals surface area contributed by atoms with Crippen LogP contribution in [0, 0.1) is 11.3 Å². The van der Waals surface area contributed by atoms with Crippen LogP contribution in [0.25, 0.3) is 0 Å². The summed E-state index contributed by atoms with van der Waals surface area (Å²) in [4.78, 5) is 0. The molecule has 2 aliphatic heterocycles. The van der Waals surface area contributed by atoms with E-state index in [0.29, 0.717) is 45.4 Å². The average Bonchev–Trinajstić information content (AvgIpc) is 3.12. The predicted molar refractivity (Wildman–Crippen MR) is 104 cm³/mol. The molecule has 2 aliphatic rings. The minimum absolute atomic E-state index is 0.0590. The Hall–Kier alpha value is -3.05. The van der Waals surface area contributed by atoms with Crippen LogP contribution >= 0.6 is 15.9 Å². The van der Waals surface area contributed by atoms with Gasteiger partial charge in [-0.3, -0.25) is 0 Å². The number of rotatable bonds is 4. The van der Waals surface area contributed by atoms with Gasteiger partial charge in [-0.15, -0.1) is 0 Å². The number of methoxy groups -OCH3 is 1. The van der Waals surface area contributed by atoms with Crippen molar-refractivity contribution < 1.29 is 23.7 Å². The van der Waals surface area contributed by atoms with Gasteiger partial charge in [0, 0.05) is 11.6 Å². The van der Waals surface area contributed by atoms with Gasteiger partial charge in [0.2, 0.25) is 12.7 Å². The van der Waals surface area contributed by atoms with Gasteiger partial charge in [-0.05, 0) is 46.6 Å². The molecule has 0 radical (unpaired) electrons. The van der Waals surface area contributed by atoms with Crippen molar-refractivity contribution in [3.05, 3.63) is 51.3 Å². The number of fused-ring (bicyclic) bond motifs is 2. The van der Waals surface area contributed by atoms with Gasteiger partial charge in [0.15, 0.2) is 23.0 Å². The lowest BCUT2D eigenvalue weighted by atomic mass is 9.83. The van der Waals surface area contributed by atoms with Crippen molar-refractivity contribution in [3.8, 4) is 34.8 Å². The SMILES string of the molecule is CCOc1cc([C@@H]2C(C#N)=C(N)Oc3cc4c(cc32)OCO4)cc(Br)c1OC. The summed E-state index contributed by atoms with van der Waals surface area (Å²) in [7, 11) is 1.57. The lowest BCUT2D eigenvalue weighted by Crippen LogP contribution is -2.21. The Morgan fingerprint density at radius 1 is 1.21 bits per heavy atom. The molecule has 8 heteroatoms. The summed E-state index contributed by atoms with van der Waals surface area (Å²) in [6.45, 7) is 2.50. The molecular formula is C20H17BrN2O5. The molecular weight excluding hydrogens is 428 g/mol. The predicted octanol–water partition coefficient (Wildman–Crippen LogP) is 3.80. The van der Waals surface area contributed by atoms with Crippen molar-refractivity contribution in [3.63, 3.8) is 0 Å². The topological polar surface area (TPSA) is 96.0 Å². The van der Waals surface area contributed by atoms with Crippen molar-refractivity contribution in [1.82, 2.24) is 0 Å². The minimum atomic E-state index is -0.454. The maximum Gasteiger partial charge on any atom is 0.231 e. The molecule has 0 amide bonds. The Balaban J connectivity index is 1.92. The molecule has 0 spiro atoms. The van der Waals surface area contributed by atoms with Gasteiger partial charge in [0.25, 0.3) is 0 Å². The van der Waals surface area contributed by atoms with Crippen LogP contribution in [0.15, 0.2) is 40.2 Å². The molecule has 1 atom stereocenters. The highest BCUT2D eigenvalue weighted by atomic mass is 79.9. The molecule has 0 aliphatic carbocycles. The molecule has 144 valence electrons. The molecule has 2 heterocycles. The minimum Gasteiger partial charge on any atom is -0.492 e. The highest BCUT2D eigenvalue weighted by Gasteiger charge is 2.34. The van der Waals surface area contributed by atoms with Crippen LogP contribution < -0.4 is 29.4 Å². The second-order valence-electron chi connectivity index (χ2n) is 6.14. The van der Waals surface area contributed by atoms with E-state index in [1.165, 1.54) is 0 Å². The summed E-state index contributed by atoms with van der Waals surface area (Å²) in [5.74, 6) is 2.46. The van der Waals surface area contributed by atoms with Gasteiger partial charge < -0.3 is 29.4 Å². The summed E-state index contributed by atoms with van der Waals surface area (Å²) < 4.78 is 28.5. The Bertz CT molecular complexity index is 1030. The fourth-order valence-electron chi connectivity index (χ4n) is 3.41. The van der Waals surface area contributed by atoms with Crippen LogP contribution in [-0.2, 0) is 0 Å². The lowest BCUT2D eigenvalue weighted by Gasteiger charge is -2.27. The largest absolute Gasteiger partial charge is 0.492 e. The van der Waals surface area contributed by atoms with E-state index in [2.05, 4.69) is 22.0 Å². The lowest BCUT2D eigenvalue weighted by molar-refractivity contribution is 0.174. The zero-order chi connectivity index (χ0) is 19.8. The van der Waals surface area contributed by atoms with Gasteiger partial charge in [-0.25, -0.2) is 0 Å². The Labute approximate surface area is 170 Å². The van der Waals surface area contributed by atoms with Gasteiger partial charge >= 0.3 is 0 Å². The molecule has 28 heavy (non-hydrogen) atoms. The van der Waals surface area contributed by atoms with Crippen molar-refractivity contribution in [2.24, 2.45) is 5.73 Å². The number of ether oxygens (including phenoxy) is 5. The molecule has 2 aromatic rings. The number of nitrogens with two attached hydrogens (primary N) is 1. The van der Waals surface area contributed by atoms with Crippen molar-refractivity contribution in [2.45, 2.75) is 12.8 Å². The van der Waals surface area contributed by atoms with Gasteiger partial charge in [-0.2, -0.15) is 5.26 Å². The summed E-state index contributed by atoms with van der Waals surface area (Å²) in [5.41, 5.74) is 7.94. The number of hydrogen-bond donors (Lipinski definition) is 1. The van der Waals surface area contributed by atoms with E-state index in [4.69, 9.17) is 29.4 Å². The van der Waals surface area contributed by atoms with Gasteiger partial charge in [0.05, 0.1) is 24.1 Å². The van der Waals surface area contributed by atoms with E-state index in [1.807, 2.05) is 25.1 Å². The van der Waals surface area contributed by atoms with Gasteiger partial charge in [-0.1, -0.05) is 0 Å². The molecule has 0 unspecified atom stereocenters. The number of allylic oxidation sites excluding steroid dienone is 1. The molecule has 0 bridgehead atoms. The second kappa shape index (κ2) is 7.17. The summed E-state index contributed by atoms with van der Waals surface area (Å²) >= 11 is 3.53. The third kappa shape index (κ3) is 2.88. The number of nitriles is 1. The third-order valence-corrected chi connectivity index (χ3v) is 5.17. The standard InChI is InChI=1S/C20H17BrN2O5/c1-3-25-17-5-10(4-13(21)19(17)24-2)18-11-6-15-16(27-9-26-15)7-14(11)28-20(23)12(18)8-22/h4-7,18H,3,9,23H2,1-2H3/t18-/m0/s1. The van der Waals surface area contributed by atoms with E-state index < -0.39 is 5.92 Å². The van der Waals surface area contributed by atoms with E-state index in [1.54, 1.807) is 13.2 Å². The fourth-order valence-corrected chi connectivity index (χ4v) is 4.03. The molecule has 0 aromatic heterocycles.